The highest BCUT2D eigenvalue weighted by Gasteiger charge is 2.41. The quantitative estimate of drug-likeness (QED) is 0.477. The van der Waals surface area contributed by atoms with E-state index in [1.165, 1.54) is 5.57 Å². The first-order valence-corrected chi connectivity index (χ1v) is 11.2. The second-order valence-electron chi connectivity index (χ2n) is 8.51. The van der Waals surface area contributed by atoms with Crippen LogP contribution in [0.5, 0.6) is 5.75 Å². The van der Waals surface area contributed by atoms with Crippen LogP contribution in [0, 0.1) is 0 Å². The summed E-state index contributed by atoms with van der Waals surface area (Å²) in [6.07, 6.45) is 9.02. The van der Waals surface area contributed by atoms with E-state index in [2.05, 4.69) is 9.97 Å². The molecule has 0 saturated heterocycles. The number of hydrogen-bond donors (Lipinski definition) is 1. The van der Waals surface area contributed by atoms with Crippen LogP contribution in [-0.2, 0) is 4.79 Å². The van der Waals surface area contributed by atoms with Crippen LogP contribution in [0.4, 0.5) is 0 Å². The number of carbonyl (C=O) groups is 1. The van der Waals surface area contributed by atoms with Gasteiger partial charge in [-0.25, -0.2) is 9.50 Å². The third-order valence-corrected chi connectivity index (χ3v) is 6.90. The number of benzene rings is 1. The van der Waals surface area contributed by atoms with E-state index in [1.807, 2.05) is 39.9 Å². The molecule has 2 aliphatic rings. The molecule has 0 radical (unpaired) electrons. The van der Waals surface area contributed by atoms with Gasteiger partial charge in [-0.2, -0.15) is 5.10 Å². The van der Waals surface area contributed by atoms with Gasteiger partial charge < -0.3 is 10.0 Å². The van der Waals surface area contributed by atoms with Crippen molar-refractivity contribution in [2.45, 2.75) is 31.7 Å². The minimum atomic E-state index is 0.00734. The zero-order valence-electron chi connectivity index (χ0n) is 17.8. The number of halogens is 1. The molecule has 2 bridgehead atoms. The molecule has 7 nitrogen and oxygen atoms in total. The van der Waals surface area contributed by atoms with Gasteiger partial charge in [0.2, 0.25) is 5.91 Å². The van der Waals surface area contributed by atoms with Crippen LogP contribution in [0.3, 0.4) is 0 Å². The van der Waals surface area contributed by atoms with Crippen molar-refractivity contribution in [2.24, 2.45) is 0 Å². The van der Waals surface area contributed by atoms with Crippen molar-refractivity contribution in [3.63, 3.8) is 0 Å². The number of amides is 1. The third-order valence-electron chi connectivity index (χ3n) is 6.58. The highest BCUT2D eigenvalue weighted by Crippen LogP contribution is 2.47. The Hall–Kier alpha value is -3.71. The molecule has 3 aromatic heterocycles. The molecule has 1 aromatic carbocycles. The molecule has 1 aliphatic carbocycles. The van der Waals surface area contributed by atoms with Crippen molar-refractivity contribution in [1.29, 1.82) is 0 Å². The standard InChI is InChI=1S/C25H20ClN5O2/c1-14(32)30-13-17-10-18(30)12-19(17)21-6-9-28-25-23(16-2-3-20(26)22(33)11-16)24(29-31(21)25)15-4-7-27-8-5-15/h2-9,11,13,18-19,33H,10,12H2,1H3. The Labute approximate surface area is 195 Å². The minimum absolute atomic E-state index is 0.00734. The number of pyridine rings is 1. The van der Waals surface area contributed by atoms with E-state index in [0.717, 1.165) is 40.9 Å². The van der Waals surface area contributed by atoms with E-state index in [1.54, 1.807) is 37.6 Å². The number of hydrogen-bond acceptors (Lipinski definition) is 5. The van der Waals surface area contributed by atoms with Gasteiger partial charge in [0.25, 0.3) is 0 Å². The molecule has 2 unspecified atom stereocenters. The van der Waals surface area contributed by atoms with E-state index >= 15 is 0 Å². The number of nitrogens with zero attached hydrogens (tertiary/aromatic N) is 5. The van der Waals surface area contributed by atoms with Crippen molar-refractivity contribution in [3.05, 3.63) is 77.5 Å². The molecule has 1 N–H and O–H groups in total. The molecule has 6 rings (SSSR count). The molecule has 1 saturated carbocycles. The number of rotatable bonds is 3. The van der Waals surface area contributed by atoms with E-state index in [0.29, 0.717) is 10.7 Å². The molecule has 1 fully saturated rings. The Bertz CT molecular complexity index is 1450. The fourth-order valence-corrected chi connectivity index (χ4v) is 5.21. The van der Waals surface area contributed by atoms with Crippen molar-refractivity contribution in [1.82, 2.24) is 24.5 Å². The van der Waals surface area contributed by atoms with E-state index in [9.17, 15) is 9.90 Å². The van der Waals surface area contributed by atoms with Crippen LogP contribution in [-0.4, -0.2) is 41.5 Å². The highest BCUT2D eigenvalue weighted by atomic mass is 35.5. The monoisotopic (exact) mass is 457 g/mol. The van der Waals surface area contributed by atoms with Crippen LogP contribution >= 0.6 is 11.6 Å². The summed E-state index contributed by atoms with van der Waals surface area (Å²) in [5.41, 5.74) is 6.23. The number of phenolic OH excluding ortho intramolecular Hbond substituents is 1. The van der Waals surface area contributed by atoms with Gasteiger partial charge in [0.1, 0.15) is 11.4 Å². The number of aromatic nitrogens is 4. The Morgan fingerprint density at radius 2 is 1.94 bits per heavy atom. The fraction of sp³-hybridized carbons (Fsp3) is 0.200. The lowest BCUT2D eigenvalue weighted by atomic mass is 9.97. The molecule has 1 aliphatic heterocycles. The molecule has 0 spiro atoms. The zero-order chi connectivity index (χ0) is 22.7. The average molecular weight is 458 g/mol. The van der Waals surface area contributed by atoms with Gasteiger partial charge in [-0.3, -0.25) is 9.78 Å². The average Bonchev–Trinajstić information content (AvgIpc) is 3.53. The maximum absolute atomic E-state index is 11.9. The maximum Gasteiger partial charge on any atom is 0.223 e. The molecular formula is C25H20ClN5O2. The molecule has 2 atom stereocenters. The Balaban J connectivity index is 1.57. The first-order chi connectivity index (χ1) is 16.0. The topological polar surface area (TPSA) is 83.6 Å². The lowest BCUT2D eigenvalue weighted by Gasteiger charge is -2.25. The van der Waals surface area contributed by atoms with Crippen molar-refractivity contribution < 1.29 is 9.90 Å². The lowest BCUT2D eigenvalue weighted by molar-refractivity contribution is -0.127. The van der Waals surface area contributed by atoms with Gasteiger partial charge in [0.15, 0.2) is 5.65 Å². The molecule has 33 heavy (non-hydrogen) atoms. The summed E-state index contributed by atoms with van der Waals surface area (Å²) >= 11 is 6.07. The van der Waals surface area contributed by atoms with Crippen LogP contribution < -0.4 is 0 Å². The first kappa shape index (κ1) is 19.9. The van der Waals surface area contributed by atoms with Gasteiger partial charge in [-0.1, -0.05) is 17.7 Å². The Kier molecular flexibility index (Phi) is 4.48. The summed E-state index contributed by atoms with van der Waals surface area (Å²) in [6.45, 7) is 1.61. The largest absolute Gasteiger partial charge is 0.506 e. The molecule has 1 amide bonds. The summed E-state index contributed by atoms with van der Waals surface area (Å²) in [6, 6.07) is 11.2. The van der Waals surface area contributed by atoms with Crippen molar-refractivity contribution in [2.75, 3.05) is 0 Å². The van der Waals surface area contributed by atoms with Crippen LogP contribution in [0.2, 0.25) is 5.02 Å². The predicted octanol–water partition coefficient (Wildman–Crippen LogP) is 4.81. The molecular weight excluding hydrogens is 438 g/mol. The maximum atomic E-state index is 11.9. The van der Waals surface area contributed by atoms with Gasteiger partial charge in [-0.05, 0) is 54.3 Å². The van der Waals surface area contributed by atoms with E-state index in [-0.39, 0.29) is 23.6 Å². The zero-order valence-corrected chi connectivity index (χ0v) is 18.6. The van der Waals surface area contributed by atoms with Gasteiger partial charge >= 0.3 is 0 Å². The number of aromatic hydroxyl groups is 1. The molecule has 8 heteroatoms. The fourth-order valence-electron chi connectivity index (χ4n) is 5.09. The van der Waals surface area contributed by atoms with Crippen LogP contribution in [0.1, 0.15) is 31.4 Å². The first-order valence-electron chi connectivity index (χ1n) is 10.8. The van der Waals surface area contributed by atoms with E-state index in [4.69, 9.17) is 16.7 Å². The minimum Gasteiger partial charge on any atom is -0.506 e. The Morgan fingerprint density at radius 1 is 1.12 bits per heavy atom. The second kappa shape index (κ2) is 7.42. The van der Waals surface area contributed by atoms with Gasteiger partial charge in [0, 0.05) is 49.2 Å². The van der Waals surface area contributed by atoms with Crippen LogP contribution in [0.25, 0.3) is 28.0 Å². The van der Waals surface area contributed by atoms with Crippen LogP contribution in [0.15, 0.2) is 66.8 Å². The van der Waals surface area contributed by atoms with Gasteiger partial charge in [0.05, 0.1) is 16.3 Å². The summed E-state index contributed by atoms with van der Waals surface area (Å²) < 4.78 is 1.90. The highest BCUT2D eigenvalue weighted by molar-refractivity contribution is 6.32. The third kappa shape index (κ3) is 3.11. The predicted molar refractivity (Wildman–Crippen MR) is 125 cm³/mol. The lowest BCUT2D eigenvalue weighted by Crippen LogP contribution is -2.31. The summed E-state index contributed by atoms with van der Waals surface area (Å²) in [5.74, 6) is 0.262. The summed E-state index contributed by atoms with van der Waals surface area (Å²) in [5, 5.41) is 15.6. The van der Waals surface area contributed by atoms with E-state index < -0.39 is 0 Å². The smallest absolute Gasteiger partial charge is 0.223 e. The number of phenols is 1. The Morgan fingerprint density at radius 3 is 2.64 bits per heavy atom. The summed E-state index contributed by atoms with van der Waals surface area (Å²) in [7, 11) is 0. The SMILES string of the molecule is CC(=O)N1C=C2CC1CC2c1ccnc2c(-c3ccc(Cl)c(O)c3)c(-c3ccncc3)nn12. The summed E-state index contributed by atoms with van der Waals surface area (Å²) in [4.78, 5) is 22.6. The van der Waals surface area contributed by atoms with Crippen molar-refractivity contribution >= 4 is 23.2 Å². The second-order valence-corrected chi connectivity index (χ2v) is 8.91. The molecule has 4 aromatic rings. The normalized spacial score (nSPS) is 19.3. The molecule has 164 valence electrons. The van der Waals surface area contributed by atoms with Crippen molar-refractivity contribution in [3.8, 4) is 28.1 Å². The molecule has 4 heterocycles. The number of fused-ring (bicyclic) bond motifs is 3. The van der Waals surface area contributed by atoms with Gasteiger partial charge in [-0.15, -0.1) is 0 Å². The number of carbonyl (C=O) groups excluding carboxylic acids is 1.